The molecular formula is C8H11BrN2OS. The molecule has 0 radical (unpaired) electrons. The van der Waals surface area contributed by atoms with Gasteiger partial charge in [0.1, 0.15) is 10.7 Å². The van der Waals surface area contributed by atoms with Crippen molar-refractivity contribution in [2.45, 2.75) is 31.4 Å². The summed E-state index contributed by atoms with van der Waals surface area (Å²) in [4.78, 5) is 4.17. The van der Waals surface area contributed by atoms with Crippen LogP contribution >= 0.6 is 27.3 Å². The first-order chi connectivity index (χ1) is 6.24. The third kappa shape index (κ3) is 2.42. The zero-order valence-electron chi connectivity index (χ0n) is 7.07. The average molecular weight is 263 g/mol. The molecule has 0 spiro atoms. The predicted molar refractivity (Wildman–Crippen MR) is 56.1 cm³/mol. The molecule has 0 amide bonds. The molecule has 2 N–H and O–H groups in total. The van der Waals surface area contributed by atoms with Crippen LogP contribution in [0.5, 0.6) is 5.19 Å². The van der Waals surface area contributed by atoms with Gasteiger partial charge in [0.05, 0.1) is 0 Å². The van der Waals surface area contributed by atoms with Crippen molar-refractivity contribution in [3.63, 3.8) is 0 Å². The second-order valence-corrected chi connectivity index (χ2v) is 4.88. The zero-order chi connectivity index (χ0) is 9.26. The Hall–Kier alpha value is -0.130. The Morgan fingerprint density at radius 1 is 1.62 bits per heavy atom. The van der Waals surface area contributed by atoms with Gasteiger partial charge in [0.15, 0.2) is 0 Å². The Morgan fingerprint density at radius 3 is 3.00 bits per heavy atom. The van der Waals surface area contributed by atoms with Gasteiger partial charge in [0, 0.05) is 11.4 Å². The van der Waals surface area contributed by atoms with E-state index in [0.29, 0.717) is 6.04 Å². The van der Waals surface area contributed by atoms with Gasteiger partial charge in [-0.15, -0.1) is 0 Å². The molecule has 1 heterocycles. The minimum absolute atomic E-state index is 0.271. The summed E-state index contributed by atoms with van der Waals surface area (Å²) in [5, 5.41) is 2.66. The van der Waals surface area contributed by atoms with Crippen molar-refractivity contribution < 1.29 is 4.74 Å². The van der Waals surface area contributed by atoms with Crippen molar-refractivity contribution in [3.05, 3.63) is 9.98 Å². The molecule has 72 valence electrons. The van der Waals surface area contributed by atoms with Gasteiger partial charge in [-0.3, -0.25) is 0 Å². The highest BCUT2D eigenvalue weighted by Gasteiger charge is 2.23. The highest BCUT2D eigenvalue weighted by Crippen LogP contribution is 2.27. The third-order valence-electron chi connectivity index (χ3n) is 2.15. The number of nitrogens with two attached hydrogens (primary N) is 1. The van der Waals surface area contributed by atoms with Gasteiger partial charge >= 0.3 is 0 Å². The monoisotopic (exact) mass is 262 g/mol. The maximum absolute atomic E-state index is 5.78. The van der Waals surface area contributed by atoms with Gasteiger partial charge in [-0.1, -0.05) is 11.3 Å². The van der Waals surface area contributed by atoms with Crippen LogP contribution in [0.1, 0.15) is 19.3 Å². The van der Waals surface area contributed by atoms with E-state index in [-0.39, 0.29) is 6.10 Å². The van der Waals surface area contributed by atoms with Gasteiger partial charge in [-0.25, -0.2) is 0 Å². The lowest BCUT2D eigenvalue weighted by Crippen LogP contribution is -2.18. The van der Waals surface area contributed by atoms with Crippen molar-refractivity contribution in [3.8, 4) is 5.19 Å². The van der Waals surface area contributed by atoms with Crippen LogP contribution in [0.15, 0.2) is 9.98 Å². The molecule has 3 nitrogen and oxygen atoms in total. The summed E-state index contributed by atoms with van der Waals surface area (Å²) in [6.07, 6.45) is 3.35. The van der Waals surface area contributed by atoms with Crippen molar-refractivity contribution in [2.24, 2.45) is 5.73 Å². The lowest BCUT2D eigenvalue weighted by Gasteiger charge is -2.09. The molecule has 2 rings (SSSR count). The summed E-state index contributed by atoms with van der Waals surface area (Å²) >= 11 is 4.80. The minimum atomic E-state index is 0.271. The lowest BCUT2D eigenvalue weighted by atomic mass is 10.3. The van der Waals surface area contributed by atoms with E-state index in [9.17, 15) is 0 Å². The van der Waals surface area contributed by atoms with E-state index in [2.05, 4.69) is 20.9 Å². The van der Waals surface area contributed by atoms with Crippen LogP contribution in [-0.2, 0) is 0 Å². The van der Waals surface area contributed by atoms with Crippen LogP contribution in [0, 0.1) is 0 Å². The second kappa shape index (κ2) is 3.94. The van der Waals surface area contributed by atoms with Crippen molar-refractivity contribution in [1.82, 2.24) is 4.98 Å². The van der Waals surface area contributed by atoms with Gasteiger partial charge in [-0.2, -0.15) is 4.98 Å². The molecule has 1 aliphatic rings. The van der Waals surface area contributed by atoms with Crippen LogP contribution in [0.25, 0.3) is 0 Å². The quantitative estimate of drug-likeness (QED) is 0.889. The highest BCUT2D eigenvalue weighted by molar-refractivity contribution is 9.10. The number of hydrogen-bond acceptors (Lipinski definition) is 4. The molecule has 13 heavy (non-hydrogen) atoms. The maximum Gasteiger partial charge on any atom is 0.274 e. The van der Waals surface area contributed by atoms with E-state index < -0.39 is 0 Å². The smallest absolute Gasteiger partial charge is 0.274 e. The number of thiazole rings is 1. The van der Waals surface area contributed by atoms with Crippen LogP contribution in [0.2, 0.25) is 0 Å². The Labute approximate surface area is 89.4 Å². The number of rotatable bonds is 2. The summed E-state index contributed by atoms with van der Waals surface area (Å²) in [7, 11) is 0. The van der Waals surface area contributed by atoms with Crippen LogP contribution < -0.4 is 10.5 Å². The van der Waals surface area contributed by atoms with Gasteiger partial charge in [0.2, 0.25) is 0 Å². The molecule has 1 aromatic rings. The summed E-state index contributed by atoms with van der Waals surface area (Å²) in [6.45, 7) is 0. The molecule has 2 unspecified atom stereocenters. The summed E-state index contributed by atoms with van der Waals surface area (Å²) in [5.74, 6) is 0. The SMILES string of the molecule is NC1CCC(Oc2nc(Br)cs2)C1. The lowest BCUT2D eigenvalue weighted by molar-refractivity contribution is 0.207. The van der Waals surface area contributed by atoms with E-state index in [1.807, 2.05) is 5.38 Å². The van der Waals surface area contributed by atoms with Crippen molar-refractivity contribution in [1.29, 1.82) is 0 Å². The Kier molecular flexibility index (Phi) is 2.86. The molecule has 0 bridgehead atoms. The van der Waals surface area contributed by atoms with E-state index >= 15 is 0 Å². The highest BCUT2D eigenvalue weighted by atomic mass is 79.9. The van der Waals surface area contributed by atoms with Crippen LogP contribution in [-0.4, -0.2) is 17.1 Å². The summed E-state index contributed by atoms with van der Waals surface area (Å²) in [5.41, 5.74) is 5.78. The largest absolute Gasteiger partial charge is 0.467 e. The first kappa shape index (κ1) is 9.43. The van der Waals surface area contributed by atoms with E-state index in [1.54, 1.807) is 0 Å². The maximum atomic E-state index is 5.78. The molecule has 5 heteroatoms. The fraction of sp³-hybridized carbons (Fsp3) is 0.625. The molecule has 0 aliphatic heterocycles. The molecule has 1 aromatic heterocycles. The molecule has 0 saturated heterocycles. The fourth-order valence-electron chi connectivity index (χ4n) is 1.52. The van der Waals surface area contributed by atoms with Gasteiger partial charge in [0.25, 0.3) is 5.19 Å². The van der Waals surface area contributed by atoms with Crippen molar-refractivity contribution in [2.75, 3.05) is 0 Å². The number of ether oxygens (including phenoxy) is 1. The second-order valence-electron chi connectivity index (χ2n) is 3.25. The van der Waals surface area contributed by atoms with Crippen LogP contribution in [0.3, 0.4) is 0 Å². The van der Waals surface area contributed by atoms with E-state index in [4.69, 9.17) is 10.5 Å². The fourth-order valence-corrected chi connectivity index (χ4v) is 2.67. The van der Waals surface area contributed by atoms with Gasteiger partial charge in [-0.05, 0) is 35.2 Å². The Morgan fingerprint density at radius 2 is 2.46 bits per heavy atom. The van der Waals surface area contributed by atoms with Crippen LogP contribution in [0.4, 0.5) is 0 Å². The van der Waals surface area contributed by atoms with Gasteiger partial charge < -0.3 is 10.5 Å². The first-order valence-corrected chi connectivity index (χ1v) is 5.94. The molecular weight excluding hydrogens is 252 g/mol. The number of hydrogen-bond donors (Lipinski definition) is 1. The number of nitrogens with zero attached hydrogens (tertiary/aromatic N) is 1. The molecule has 1 aliphatic carbocycles. The van der Waals surface area contributed by atoms with E-state index in [0.717, 1.165) is 29.1 Å². The Bertz CT molecular complexity index is 291. The standard InChI is InChI=1S/C8H11BrN2OS/c9-7-4-13-8(11-7)12-6-2-1-5(10)3-6/h4-6H,1-3,10H2. The van der Waals surface area contributed by atoms with Crippen molar-refractivity contribution >= 4 is 27.3 Å². The molecule has 1 fully saturated rings. The first-order valence-electron chi connectivity index (χ1n) is 4.27. The number of aromatic nitrogens is 1. The molecule has 1 saturated carbocycles. The molecule has 0 aromatic carbocycles. The topological polar surface area (TPSA) is 48.1 Å². The molecule has 2 atom stereocenters. The average Bonchev–Trinajstić information content (AvgIpc) is 2.62. The normalized spacial score (nSPS) is 27.8. The summed E-state index contributed by atoms with van der Waals surface area (Å²) < 4.78 is 6.51. The Balaban J connectivity index is 1.91. The summed E-state index contributed by atoms with van der Waals surface area (Å²) in [6, 6.07) is 0.313. The number of halogens is 1. The zero-order valence-corrected chi connectivity index (χ0v) is 9.47. The predicted octanol–water partition coefficient (Wildman–Crippen LogP) is 2.16. The van der Waals surface area contributed by atoms with E-state index in [1.165, 1.54) is 11.3 Å². The third-order valence-corrected chi connectivity index (χ3v) is 3.59. The minimum Gasteiger partial charge on any atom is -0.467 e.